The van der Waals surface area contributed by atoms with Gasteiger partial charge in [-0.1, -0.05) is 6.92 Å². The van der Waals surface area contributed by atoms with Gasteiger partial charge in [-0.15, -0.1) is 0 Å². The Hall–Kier alpha value is -1.58. The molecule has 20 heavy (non-hydrogen) atoms. The van der Waals surface area contributed by atoms with Crippen molar-refractivity contribution < 1.29 is 22.8 Å². The lowest BCUT2D eigenvalue weighted by molar-refractivity contribution is -0.385. The molecule has 0 unspecified atom stereocenters. The number of aliphatic hydroxyl groups excluding tert-OH is 1. The maximum atomic E-state index is 13.7. The first-order chi connectivity index (χ1) is 9.34. The molecule has 0 saturated carbocycles. The number of hydrogen-bond donors (Lipinski definition) is 1. The highest BCUT2D eigenvalue weighted by Gasteiger charge is 2.28. The first-order valence-electron chi connectivity index (χ1n) is 5.89. The van der Waals surface area contributed by atoms with E-state index in [0.717, 1.165) is 16.4 Å². The minimum Gasteiger partial charge on any atom is -0.396 e. The number of nitro benzene ring substituents is 1. The summed E-state index contributed by atoms with van der Waals surface area (Å²) in [5, 5.41) is 19.4. The number of aliphatic hydroxyl groups is 1. The van der Waals surface area contributed by atoms with Crippen molar-refractivity contribution in [2.45, 2.75) is 18.2 Å². The van der Waals surface area contributed by atoms with Gasteiger partial charge in [0.15, 0.2) is 0 Å². The Morgan fingerprint density at radius 2 is 2.10 bits per heavy atom. The lowest BCUT2D eigenvalue weighted by atomic mass is 10.3. The Labute approximate surface area is 115 Å². The van der Waals surface area contributed by atoms with Crippen molar-refractivity contribution in [3.63, 3.8) is 0 Å². The van der Waals surface area contributed by atoms with Crippen LogP contribution in [0, 0.1) is 15.9 Å². The molecule has 0 aromatic heterocycles. The summed E-state index contributed by atoms with van der Waals surface area (Å²) in [6.45, 7) is 1.44. The molecule has 0 atom stereocenters. The van der Waals surface area contributed by atoms with E-state index in [-0.39, 0.29) is 26.1 Å². The van der Waals surface area contributed by atoms with Gasteiger partial charge >= 0.3 is 0 Å². The molecule has 1 aromatic carbocycles. The molecule has 0 radical (unpaired) electrons. The molecule has 0 bridgehead atoms. The maximum absolute atomic E-state index is 13.7. The average Bonchev–Trinajstić information content (AvgIpc) is 2.39. The van der Waals surface area contributed by atoms with Crippen LogP contribution < -0.4 is 0 Å². The van der Waals surface area contributed by atoms with E-state index >= 15 is 0 Å². The van der Waals surface area contributed by atoms with E-state index < -0.39 is 31.3 Å². The van der Waals surface area contributed by atoms with Gasteiger partial charge in [0.25, 0.3) is 5.69 Å². The highest BCUT2D eigenvalue weighted by molar-refractivity contribution is 7.89. The monoisotopic (exact) mass is 306 g/mol. The lowest BCUT2D eigenvalue weighted by Crippen LogP contribution is -2.32. The Morgan fingerprint density at radius 1 is 1.45 bits per heavy atom. The molecule has 0 aliphatic rings. The molecule has 1 rings (SSSR count). The van der Waals surface area contributed by atoms with Crippen LogP contribution in [0.4, 0.5) is 10.1 Å². The van der Waals surface area contributed by atoms with Crippen LogP contribution in [0.25, 0.3) is 0 Å². The first kappa shape index (κ1) is 16.5. The quantitative estimate of drug-likeness (QED) is 0.601. The van der Waals surface area contributed by atoms with E-state index in [4.69, 9.17) is 5.11 Å². The fraction of sp³-hybridized carbons (Fsp3) is 0.455. The molecule has 0 fully saturated rings. The van der Waals surface area contributed by atoms with Crippen molar-refractivity contribution in [1.29, 1.82) is 0 Å². The van der Waals surface area contributed by atoms with Gasteiger partial charge in [-0.05, 0) is 12.5 Å². The molecular weight excluding hydrogens is 291 g/mol. The number of halogens is 1. The summed E-state index contributed by atoms with van der Waals surface area (Å²) in [5.41, 5.74) is -0.497. The largest absolute Gasteiger partial charge is 0.396 e. The third-order valence-electron chi connectivity index (χ3n) is 2.66. The van der Waals surface area contributed by atoms with Crippen LogP contribution in [0.15, 0.2) is 23.1 Å². The van der Waals surface area contributed by atoms with Gasteiger partial charge in [0.2, 0.25) is 10.0 Å². The summed E-state index contributed by atoms with van der Waals surface area (Å²) >= 11 is 0. The molecule has 9 heteroatoms. The average molecular weight is 306 g/mol. The summed E-state index contributed by atoms with van der Waals surface area (Å²) in [6.07, 6.45) is 0.198. The van der Waals surface area contributed by atoms with Crippen LogP contribution in [0.1, 0.15) is 13.3 Å². The Kier molecular flexibility index (Phi) is 5.54. The van der Waals surface area contributed by atoms with E-state index in [1.165, 1.54) is 0 Å². The zero-order valence-electron chi connectivity index (χ0n) is 10.8. The van der Waals surface area contributed by atoms with E-state index in [9.17, 15) is 22.9 Å². The fourth-order valence-corrected chi connectivity index (χ4v) is 3.21. The SMILES string of the molecule is CCN(CCCO)S(=O)(=O)c1cc([N+](=O)[O-])ccc1F. The van der Waals surface area contributed by atoms with Gasteiger partial charge in [-0.3, -0.25) is 10.1 Å². The van der Waals surface area contributed by atoms with E-state index in [1.54, 1.807) is 6.92 Å². The second-order valence-electron chi connectivity index (χ2n) is 3.95. The topological polar surface area (TPSA) is 101 Å². The van der Waals surface area contributed by atoms with Crippen molar-refractivity contribution >= 4 is 15.7 Å². The Bertz CT molecular complexity index is 590. The molecular formula is C11H15FN2O5S. The number of rotatable bonds is 7. The summed E-state index contributed by atoms with van der Waals surface area (Å²) < 4.78 is 39.1. The Morgan fingerprint density at radius 3 is 2.60 bits per heavy atom. The molecule has 0 aliphatic heterocycles. The number of sulfonamides is 1. The summed E-state index contributed by atoms with van der Waals surface area (Å²) in [7, 11) is -4.17. The number of hydrogen-bond acceptors (Lipinski definition) is 5. The fourth-order valence-electron chi connectivity index (χ4n) is 1.64. The van der Waals surface area contributed by atoms with Crippen molar-refractivity contribution in [3.05, 3.63) is 34.1 Å². The van der Waals surface area contributed by atoms with Gasteiger partial charge in [-0.25, -0.2) is 12.8 Å². The van der Waals surface area contributed by atoms with Gasteiger partial charge in [0.1, 0.15) is 10.7 Å². The minimum absolute atomic E-state index is 0.0114. The third kappa shape index (κ3) is 3.50. The Balaban J connectivity index is 3.26. The highest BCUT2D eigenvalue weighted by atomic mass is 32.2. The lowest BCUT2D eigenvalue weighted by Gasteiger charge is -2.20. The van der Waals surface area contributed by atoms with Crippen molar-refractivity contribution in [3.8, 4) is 0 Å². The van der Waals surface area contributed by atoms with Gasteiger partial charge in [-0.2, -0.15) is 4.31 Å². The van der Waals surface area contributed by atoms with Crippen LogP contribution >= 0.6 is 0 Å². The standard InChI is InChI=1S/C11H15FN2O5S/c1-2-13(6-3-7-15)20(18,19)11-8-9(14(16)17)4-5-10(11)12/h4-5,8,15H,2-3,6-7H2,1H3. The number of nitrogens with zero attached hydrogens (tertiary/aromatic N) is 2. The van der Waals surface area contributed by atoms with Crippen LogP contribution in [0.3, 0.4) is 0 Å². The second-order valence-corrected chi connectivity index (χ2v) is 5.85. The minimum atomic E-state index is -4.17. The number of non-ortho nitro benzene ring substituents is 1. The molecule has 0 heterocycles. The predicted octanol–water partition coefficient (Wildman–Crippen LogP) is 1.13. The van der Waals surface area contributed by atoms with E-state index in [1.807, 2.05) is 0 Å². The number of benzene rings is 1. The predicted molar refractivity (Wildman–Crippen MR) is 69.2 cm³/mol. The van der Waals surface area contributed by atoms with Gasteiger partial charge < -0.3 is 5.11 Å². The van der Waals surface area contributed by atoms with E-state index in [2.05, 4.69) is 0 Å². The summed E-state index contributed by atoms with van der Waals surface area (Å²) in [6, 6.07) is 2.36. The van der Waals surface area contributed by atoms with Crippen molar-refractivity contribution in [1.82, 2.24) is 4.31 Å². The van der Waals surface area contributed by atoms with Gasteiger partial charge in [0, 0.05) is 31.8 Å². The normalized spacial score (nSPS) is 11.8. The second kappa shape index (κ2) is 6.73. The molecule has 1 N–H and O–H groups in total. The zero-order chi connectivity index (χ0) is 15.3. The molecule has 0 saturated heterocycles. The number of nitro groups is 1. The third-order valence-corrected chi connectivity index (χ3v) is 4.65. The summed E-state index contributed by atoms with van der Waals surface area (Å²) in [5.74, 6) is -1.04. The van der Waals surface area contributed by atoms with Crippen molar-refractivity contribution in [2.24, 2.45) is 0 Å². The van der Waals surface area contributed by atoms with Crippen LogP contribution in [-0.2, 0) is 10.0 Å². The summed E-state index contributed by atoms with van der Waals surface area (Å²) in [4.78, 5) is 9.13. The van der Waals surface area contributed by atoms with Crippen LogP contribution in [0.2, 0.25) is 0 Å². The molecule has 112 valence electrons. The van der Waals surface area contributed by atoms with Crippen LogP contribution in [-0.4, -0.2) is 42.4 Å². The molecule has 0 spiro atoms. The van der Waals surface area contributed by atoms with Crippen molar-refractivity contribution in [2.75, 3.05) is 19.7 Å². The van der Waals surface area contributed by atoms with Crippen LogP contribution in [0.5, 0.6) is 0 Å². The molecule has 0 aliphatic carbocycles. The molecule has 1 aromatic rings. The smallest absolute Gasteiger partial charge is 0.270 e. The molecule has 7 nitrogen and oxygen atoms in total. The maximum Gasteiger partial charge on any atom is 0.270 e. The van der Waals surface area contributed by atoms with E-state index in [0.29, 0.717) is 6.07 Å². The highest BCUT2D eigenvalue weighted by Crippen LogP contribution is 2.24. The molecule has 0 amide bonds. The zero-order valence-corrected chi connectivity index (χ0v) is 11.6. The first-order valence-corrected chi connectivity index (χ1v) is 7.33. The van der Waals surface area contributed by atoms with Gasteiger partial charge in [0.05, 0.1) is 4.92 Å².